The van der Waals surface area contributed by atoms with Gasteiger partial charge in [0, 0.05) is 6.54 Å². The minimum Gasteiger partial charge on any atom is -0.811 e. The number of fused-ring (bicyclic) bond motifs is 1. The Kier molecular flexibility index (Phi) is 8.93. The van der Waals surface area contributed by atoms with E-state index in [1.807, 2.05) is 0 Å². The summed E-state index contributed by atoms with van der Waals surface area (Å²) in [4.78, 5) is 42.7. The van der Waals surface area contributed by atoms with Gasteiger partial charge in [-0.05, 0) is 19.0 Å². The first-order valence-electron chi connectivity index (χ1n) is 5.58. The number of nitrogens with zero attached hydrogens (tertiary/aromatic N) is 3. The third-order valence-electron chi connectivity index (χ3n) is 2.57. The van der Waals surface area contributed by atoms with E-state index in [4.69, 9.17) is 5.73 Å². The van der Waals surface area contributed by atoms with Crippen molar-refractivity contribution in [3.05, 3.63) is 16.7 Å². The molecule has 0 aromatic carbocycles. The van der Waals surface area contributed by atoms with Gasteiger partial charge in [0.25, 0.3) is 5.56 Å². The van der Waals surface area contributed by atoms with Gasteiger partial charge in [0.2, 0.25) is 5.95 Å². The predicted octanol–water partition coefficient (Wildman–Crippen LogP) is -7.60. The van der Waals surface area contributed by atoms with E-state index in [2.05, 4.69) is 15.0 Å². The molecule has 0 atom stereocenters. The van der Waals surface area contributed by atoms with Crippen LogP contribution in [0.2, 0.25) is 0 Å². The molecule has 0 fully saturated rings. The van der Waals surface area contributed by atoms with Crippen LogP contribution in [0.3, 0.4) is 0 Å². The maximum Gasteiger partial charge on any atom is 1.00 e. The van der Waals surface area contributed by atoms with Crippen LogP contribution in [0, 0.1) is 0 Å². The van der Waals surface area contributed by atoms with Crippen LogP contribution in [0.5, 0.6) is 0 Å². The SMILES string of the molecule is Nc1nc2c(ncn2CCCCP(=O)([O-])[O-])c(=O)[nH]1.[Na+].[Na+]. The van der Waals surface area contributed by atoms with Crippen LogP contribution in [0.1, 0.15) is 12.8 Å². The van der Waals surface area contributed by atoms with Crippen LogP contribution in [0.15, 0.2) is 11.1 Å². The molecule has 2 aromatic rings. The Morgan fingerprint density at radius 3 is 2.62 bits per heavy atom. The van der Waals surface area contributed by atoms with Crippen LogP contribution in [0.4, 0.5) is 5.95 Å². The molecule has 2 rings (SSSR count). The predicted molar refractivity (Wildman–Crippen MR) is 64.3 cm³/mol. The van der Waals surface area contributed by atoms with E-state index in [-0.39, 0.29) is 83.2 Å². The van der Waals surface area contributed by atoms with Crippen LogP contribution in [-0.2, 0) is 11.1 Å². The number of aromatic nitrogens is 4. The van der Waals surface area contributed by atoms with Gasteiger partial charge < -0.3 is 24.7 Å². The number of H-pyrrole nitrogens is 1. The number of nitrogens with one attached hydrogen (secondary N) is 1. The van der Waals surface area contributed by atoms with Gasteiger partial charge in [-0.1, -0.05) is 7.60 Å². The molecule has 0 saturated heterocycles. The van der Waals surface area contributed by atoms with Crippen molar-refractivity contribution < 1.29 is 73.5 Å². The quantitative estimate of drug-likeness (QED) is 0.313. The molecule has 12 heteroatoms. The molecule has 2 heterocycles. The van der Waals surface area contributed by atoms with Crippen molar-refractivity contribution in [1.29, 1.82) is 0 Å². The Bertz CT molecular complexity index is 697. The molecule has 0 aliphatic heterocycles. The van der Waals surface area contributed by atoms with E-state index in [9.17, 15) is 19.1 Å². The van der Waals surface area contributed by atoms with E-state index in [0.29, 0.717) is 18.6 Å². The summed E-state index contributed by atoms with van der Waals surface area (Å²) < 4.78 is 12.1. The summed E-state index contributed by atoms with van der Waals surface area (Å²) in [7, 11) is -4.45. The molecule has 2 aromatic heterocycles. The van der Waals surface area contributed by atoms with Gasteiger partial charge in [-0.3, -0.25) is 9.78 Å². The minimum atomic E-state index is -4.45. The Morgan fingerprint density at radius 1 is 1.33 bits per heavy atom. The maximum absolute atomic E-state index is 11.5. The molecule has 0 spiro atoms. The van der Waals surface area contributed by atoms with E-state index in [0.717, 1.165) is 0 Å². The average molecular weight is 331 g/mol. The fourth-order valence-corrected chi connectivity index (χ4v) is 2.33. The fraction of sp³-hybridized carbons (Fsp3) is 0.444. The summed E-state index contributed by atoms with van der Waals surface area (Å²) in [5, 5.41) is 0. The van der Waals surface area contributed by atoms with Crippen molar-refractivity contribution in [3.63, 3.8) is 0 Å². The number of hydrogen-bond acceptors (Lipinski definition) is 7. The van der Waals surface area contributed by atoms with Gasteiger partial charge in [-0.2, -0.15) is 4.98 Å². The molecule has 0 amide bonds. The second-order valence-electron chi connectivity index (χ2n) is 4.10. The summed E-state index contributed by atoms with van der Waals surface area (Å²) in [6.45, 7) is 0.409. The second kappa shape index (κ2) is 8.81. The Morgan fingerprint density at radius 2 is 2.00 bits per heavy atom. The zero-order chi connectivity index (χ0) is 14.0. The van der Waals surface area contributed by atoms with E-state index >= 15 is 0 Å². The average Bonchev–Trinajstić information content (AvgIpc) is 2.66. The van der Waals surface area contributed by atoms with E-state index in [1.165, 1.54) is 6.33 Å². The van der Waals surface area contributed by atoms with Crippen LogP contribution in [-0.4, -0.2) is 25.7 Å². The summed E-state index contributed by atoms with van der Waals surface area (Å²) in [6, 6.07) is 0. The van der Waals surface area contributed by atoms with Gasteiger partial charge >= 0.3 is 59.1 Å². The smallest absolute Gasteiger partial charge is 0.811 e. The van der Waals surface area contributed by atoms with E-state index < -0.39 is 13.2 Å². The van der Waals surface area contributed by atoms with Gasteiger partial charge in [0.1, 0.15) is 0 Å². The van der Waals surface area contributed by atoms with Crippen LogP contribution >= 0.6 is 7.60 Å². The largest absolute Gasteiger partial charge is 1.00 e. The number of rotatable bonds is 5. The number of imidazole rings is 1. The molecular weight excluding hydrogens is 319 g/mol. The molecule has 0 aliphatic rings. The number of aryl methyl sites for hydroxylation is 1. The van der Waals surface area contributed by atoms with Crippen molar-refractivity contribution in [3.8, 4) is 0 Å². The van der Waals surface area contributed by atoms with Crippen molar-refractivity contribution in [2.24, 2.45) is 0 Å². The summed E-state index contributed by atoms with van der Waals surface area (Å²) >= 11 is 0. The summed E-state index contributed by atoms with van der Waals surface area (Å²) in [6.07, 6.45) is 1.77. The first-order chi connectivity index (χ1) is 8.87. The zero-order valence-corrected chi connectivity index (χ0v) is 16.8. The number of aromatic amines is 1. The van der Waals surface area contributed by atoms with Gasteiger partial charge in [-0.25, -0.2) is 4.98 Å². The number of hydrogen-bond donors (Lipinski definition) is 2. The molecule has 21 heavy (non-hydrogen) atoms. The number of unbranched alkanes of at least 4 members (excludes halogenated alkanes) is 1. The summed E-state index contributed by atoms with van der Waals surface area (Å²) in [5.41, 5.74) is 5.53. The van der Waals surface area contributed by atoms with Gasteiger partial charge in [0.05, 0.1) is 6.33 Å². The normalized spacial score (nSPS) is 11.0. The van der Waals surface area contributed by atoms with Crippen molar-refractivity contribution in [1.82, 2.24) is 19.5 Å². The van der Waals surface area contributed by atoms with E-state index in [1.54, 1.807) is 4.57 Å². The third kappa shape index (κ3) is 6.13. The first kappa shape index (κ1) is 21.3. The molecular formula is C9H12N5Na2O4P. The Labute approximate surface area is 164 Å². The van der Waals surface area contributed by atoms with Crippen molar-refractivity contribution >= 4 is 24.7 Å². The number of nitrogen functional groups attached to an aromatic ring is 1. The topological polar surface area (TPSA) is 153 Å². The third-order valence-corrected chi connectivity index (χ3v) is 3.44. The molecule has 0 aliphatic carbocycles. The zero-order valence-electron chi connectivity index (χ0n) is 11.9. The van der Waals surface area contributed by atoms with Crippen LogP contribution < -0.4 is 80.2 Å². The minimum absolute atomic E-state index is 0. The molecule has 0 radical (unpaired) electrons. The molecule has 0 unspecified atom stereocenters. The molecule has 0 bridgehead atoms. The monoisotopic (exact) mass is 331 g/mol. The van der Waals surface area contributed by atoms with Crippen molar-refractivity contribution in [2.75, 3.05) is 11.9 Å². The summed E-state index contributed by atoms with van der Waals surface area (Å²) in [5.74, 6) is -0.0112. The molecule has 0 saturated carbocycles. The van der Waals surface area contributed by atoms with Crippen molar-refractivity contribution in [2.45, 2.75) is 19.4 Å². The Balaban J connectivity index is 0.00000200. The fourth-order valence-electron chi connectivity index (χ4n) is 1.72. The Hall–Kier alpha value is 0.300. The second-order valence-corrected chi connectivity index (χ2v) is 5.77. The molecule has 9 nitrogen and oxygen atoms in total. The standard InChI is InChI=1S/C9H14N5O4P.2Na/c10-9-12-7-6(8(15)13-9)11-5-14(7)3-1-2-4-19(16,17)18;;/h5H,1-4H2,(H2,16,17,18)(H3,10,12,13,15);;/q;2*+1/p-2. The molecule has 104 valence electrons. The van der Waals surface area contributed by atoms with Crippen LogP contribution in [0.25, 0.3) is 11.2 Å². The first-order valence-corrected chi connectivity index (χ1v) is 7.31. The number of nitrogens with two attached hydrogens (primary N) is 1. The molecule has 3 N–H and O–H groups in total. The maximum atomic E-state index is 11.5. The van der Waals surface area contributed by atoms with Gasteiger partial charge in [-0.15, -0.1) is 0 Å². The number of anilines is 1. The van der Waals surface area contributed by atoms with Gasteiger partial charge in [0.15, 0.2) is 11.2 Å².